The molecule has 1 atom stereocenters. The Labute approximate surface area is 168 Å². The predicted molar refractivity (Wildman–Crippen MR) is 105 cm³/mol. The molecule has 2 heterocycles. The number of carbonyl (C=O) groups is 1. The van der Waals surface area contributed by atoms with Gasteiger partial charge in [0.05, 0.1) is 12.5 Å². The number of ether oxygens (including phenoxy) is 1. The average Bonchev–Trinajstić information content (AvgIpc) is 3.35. The molecule has 1 aromatic heterocycles. The van der Waals surface area contributed by atoms with E-state index in [-0.39, 0.29) is 17.6 Å². The standard InChI is InChI=1S/C22H22FN3O3/c1-2-11-28-19-9-3-15(4-10-19)13-26-14-17(12-20(26)27)22-24-21(25-29-22)16-5-7-18(23)8-6-16/h3-10,17H,2,11-14H2,1H3. The van der Waals surface area contributed by atoms with Crippen molar-refractivity contribution in [1.82, 2.24) is 15.0 Å². The molecule has 150 valence electrons. The molecule has 2 aromatic carbocycles. The summed E-state index contributed by atoms with van der Waals surface area (Å²) >= 11 is 0. The summed E-state index contributed by atoms with van der Waals surface area (Å²) in [6, 6.07) is 13.7. The van der Waals surface area contributed by atoms with Gasteiger partial charge in [0.1, 0.15) is 11.6 Å². The van der Waals surface area contributed by atoms with Gasteiger partial charge in [-0.05, 0) is 48.4 Å². The molecule has 0 bridgehead atoms. The number of likely N-dealkylation sites (tertiary alicyclic amines) is 1. The number of hydrogen-bond acceptors (Lipinski definition) is 5. The molecule has 1 fully saturated rings. The van der Waals surface area contributed by atoms with Gasteiger partial charge in [-0.2, -0.15) is 4.98 Å². The lowest BCUT2D eigenvalue weighted by atomic mass is 10.1. The Morgan fingerprint density at radius 1 is 1.17 bits per heavy atom. The monoisotopic (exact) mass is 395 g/mol. The Morgan fingerprint density at radius 2 is 1.93 bits per heavy atom. The summed E-state index contributed by atoms with van der Waals surface area (Å²) in [5.41, 5.74) is 1.72. The number of hydrogen-bond donors (Lipinski definition) is 0. The summed E-state index contributed by atoms with van der Waals surface area (Å²) in [6.45, 7) is 3.81. The molecule has 0 aliphatic carbocycles. The smallest absolute Gasteiger partial charge is 0.232 e. The van der Waals surface area contributed by atoms with Crippen LogP contribution in [-0.2, 0) is 11.3 Å². The highest BCUT2D eigenvalue weighted by Gasteiger charge is 2.34. The fraction of sp³-hybridized carbons (Fsp3) is 0.318. The second-order valence-corrected chi connectivity index (χ2v) is 7.13. The first-order chi connectivity index (χ1) is 14.1. The minimum atomic E-state index is -0.320. The number of halogens is 1. The highest BCUT2D eigenvalue weighted by atomic mass is 19.1. The van der Waals surface area contributed by atoms with Crippen molar-refractivity contribution in [3.05, 3.63) is 65.8 Å². The first-order valence-electron chi connectivity index (χ1n) is 9.71. The van der Waals surface area contributed by atoms with Crippen molar-refractivity contribution in [2.75, 3.05) is 13.2 Å². The topological polar surface area (TPSA) is 68.5 Å². The van der Waals surface area contributed by atoms with Crippen LogP contribution < -0.4 is 4.74 Å². The fourth-order valence-corrected chi connectivity index (χ4v) is 3.34. The minimum absolute atomic E-state index is 0.0582. The molecule has 1 aliphatic heterocycles. The molecule has 0 spiro atoms. The molecule has 0 saturated carbocycles. The van der Waals surface area contributed by atoms with E-state index >= 15 is 0 Å². The minimum Gasteiger partial charge on any atom is -0.494 e. The number of aromatic nitrogens is 2. The fourth-order valence-electron chi connectivity index (χ4n) is 3.34. The van der Waals surface area contributed by atoms with Crippen molar-refractivity contribution < 1.29 is 18.4 Å². The summed E-state index contributed by atoms with van der Waals surface area (Å²) in [6.07, 6.45) is 1.30. The lowest BCUT2D eigenvalue weighted by molar-refractivity contribution is -0.128. The lowest BCUT2D eigenvalue weighted by Gasteiger charge is -2.16. The van der Waals surface area contributed by atoms with Crippen molar-refractivity contribution in [2.24, 2.45) is 0 Å². The first-order valence-corrected chi connectivity index (χ1v) is 9.71. The average molecular weight is 395 g/mol. The molecule has 7 heteroatoms. The molecule has 3 aromatic rings. The van der Waals surface area contributed by atoms with E-state index in [0.29, 0.717) is 43.4 Å². The van der Waals surface area contributed by atoms with Gasteiger partial charge < -0.3 is 14.2 Å². The van der Waals surface area contributed by atoms with Gasteiger partial charge in [-0.1, -0.05) is 24.2 Å². The Balaban J connectivity index is 1.40. The summed E-state index contributed by atoms with van der Waals surface area (Å²) in [7, 11) is 0. The maximum Gasteiger partial charge on any atom is 0.232 e. The highest BCUT2D eigenvalue weighted by molar-refractivity contribution is 5.79. The van der Waals surface area contributed by atoms with Crippen molar-refractivity contribution in [2.45, 2.75) is 32.2 Å². The number of benzene rings is 2. The second-order valence-electron chi connectivity index (χ2n) is 7.13. The highest BCUT2D eigenvalue weighted by Crippen LogP contribution is 2.30. The zero-order valence-electron chi connectivity index (χ0n) is 16.2. The zero-order chi connectivity index (χ0) is 20.2. The quantitative estimate of drug-likeness (QED) is 0.600. The largest absolute Gasteiger partial charge is 0.494 e. The van der Waals surface area contributed by atoms with Crippen LogP contribution in [0.5, 0.6) is 5.75 Å². The Kier molecular flexibility index (Phi) is 5.55. The van der Waals surface area contributed by atoms with Gasteiger partial charge in [0, 0.05) is 25.1 Å². The normalized spacial score (nSPS) is 16.4. The van der Waals surface area contributed by atoms with Gasteiger partial charge in [-0.25, -0.2) is 4.39 Å². The molecule has 1 unspecified atom stereocenters. The zero-order valence-corrected chi connectivity index (χ0v) is 16.2. The molecule has 1 saturated heterocycles. The van der Waals surface area contributed by atoms with Crippen molar-refractivity contribution in [3.63, 3.8) is 0 Å². The first kappa shape index (κ1) is 19.1. The number of rotatable bonds is 7. The van der Waals surface area contributed by atoms with Gasteiger partial charge in [-0.3, -0.25) is 4.79 Å². The second kappa shape index (κ2) is 8.43. The summed E-state index contributed by atoms with van der Waals surface area (Å²) in [5.74, 6) is 1.26. The Morgan fingerprint density at radius 3 is 2.66 bits per heavy atom. The molecule has 6 nitrogen and oxygen atoms in total. The van der Waals surface area contributed by atoms with Crippen LogP contribution in [0.4, 0.5) is 4.39 Å². The van der Waals surface area contributed by atoms with Gasteiger partial charge >= 0.3 is 0 Å². The van der Waals surface area contributed by atoms with Crippen molar-refractivity contribution in [3.8, 4) is 17.1 Å². The van der Waals surface area contributed by atoms with E-state index < -0.39 is 0 Å². The van der Waals surface area contributed by atoms with Crippen molar-refractivity contribution in [1.29, 1.82) is 0 Å². The number of carbonyl (C=O) groups excluding carboxylic acids is 1. The van der Waals surface area contributed by atoms with E-state index in [1.54, 1.807) is 17.0 Å². The van der Waals surface area contributed by atoms with Gasteiger partial charge in [0.15, 0.2) is 0 Å². The third kappa shape index (κ3) is 4.45. The predicted octanol–water partition coefficient (Wildman–Crippen LogP) is 4.18. The molecule has 4 rings (SSSR count). The molecule has 1 amide bonds. The number of amides is 1. The van der Waals surface area contributed by atoms with E-state index in [4.69, 9.17) is 9.26 Å². The summed E-state index contributed by atoms with van der Waals surface area (Å²) in [5, 5.41) is 3.98. The Hall–Kier alpha value is -3.22. The van der Waals surface area contributed by atoms with E-state index in [1.807, 2.05) is 24.3 Å². The van der Waals surface area contributed by atoms with Gasteiger partial charge in [0.2, 0.25) is 17.6 Å². The third-order valence-corrected chi connectivity index (χ3v) is 4.88. The third-order valence-electron chi connectivity index (χ3n) is 4.88. The van der Waals surface area contributed by atoms with E-state index in [0.717, 1.165) is 17.7 Å². The van der Waals surface area contributed by atoms with Crippen LogP contribution in [-0.4, -0.2) is 34.1 Å². The maximum atomic E-state index is 13.1. The molecule has 0 N–H and O–H groups in total. The molecule has 29 heavy (non-hydrogen) atoms. The van der Waals surface area contributed by atoms with Crippen LogP contribution in [0.3, 0.4) is 0 Å². The SMILES string of the molecule is CCCOc1ccc(CN2CC(c3nc(-c4ccc(F)cc4)no3)CC2=O)cc1. The van der Waals surface area contributed by atoms with Crippen LogP contribution in [0.2, 0.25) is 0 Å². The van der Waals surface area contributed by atoms with Crippen LogP contribution in [0.25, 0.3) is 11.4 Å². The number of nitrogens with zero attached hydrogens (tertiary/aromatic N) is 3. The van der Waals surface area contributed by atoms with Crippen LogP contribution in [0, 0.1) is 5.82 Å². The molecular weight excluding hydrogens is 373 g/mol. The van der Waals surface area contributed by atoms with Crippen LogP contribution >= 0.6 is 0 Å². The van der Waals surface area contributed by atoms with Gasteiger partial charge in [0.25, 0.3) is 0 Å². The van der Waals surface area contributed by atoms with Crippen LogP contribution in [0.1, 0.15) is 37.1 Å². The van der Waals surface area contributed by atoms with E-state index in [1.165, 1.54) is 12.1 Å². The molecular formula is C22H22FN3O3. The van der Waals surface area contributed by atoms with Crippen molar-refractivity contribution >= 4 is 5.91 Å². The van der Waals surface area contributed by atoms with Crippen LogP contribution in [0.15, 0.2) is 53.1 Å². The maximum absolute atomic E-state index is 13.1. The van der Waals surface area contributed by atoms with Gasteiger partial charge in [-0.15, -0.1) is 0 Å². The van der Waals surface area contributed by atoms with E-state index in [2.05, 4.69) is 17.1 Å². The molecule has 1 aliphatic rings. The molecule has 0 radical (unpaired) electrons. The summed E-state index contributed by atoms with van der Waals surface area (Å²) in [4.78, 5) is 18.7. The Bertz CT molecular complexity index is 970. The van der Waals surface area contributed by atoms with E-state index in [9.17, 15) is 9.18 Å². The lowest BCUT2D eigenvalue weighted by Crippen LogP contribution is -2.24. The summed E-state index contributed by atoms with van der Waals surface area (Å²) < 4.78 is 24.1.